The van der Waals surface area contributed by atoms with Gasteiger partial charge in [-0.25, -0.2) is 4.98 Å². The molecule has 0 saturated heterocycles. The van der Waals surface area contributed by atoms with E-state index >= 15 is 0 Å². The average molecular weight is 243 g/mol. The molecule has 0 aliphatic carbocycles. The molecule has 84 valence electrons. The molecule has 0 bridgehead atoms. The molecule has 3 heterocycles. The Morgan fingerprint density at radius 1 is 1.18 bits per heavy atom. The number of hydrogen-bond donors (Lipinski definition) is 1. The number of rotatable bonds is 2. The third kappa shape index (κ3) is 1.94. The molecule has 3 rings (SSSR count). The average Bonchev–Trinajstić information content (AvgIpc) is 2.73. The maximum Gasteiger partial charge on any atom is 0.200 e. The van der Waals surface area contributed by atoms with Crippen LogP contribution < -0.4 is 5.73 Å². The Labute approximate surface area is 102 Å². The summed E-state index contributed by atoms with van der Waals surface area (Å²) < 4.78 is 1.93. The molecule has 0 aromatic carbocycles. The maximum atomic E-state index is 5.63. The highest BCUT2D eigenvalue weighted by molar-refractivity contribution is 7.99. The molecular weight excluding hydrogens is 234 g/mol. The number of aromatic nitrogens is 4. The first kappa shape index (κ1) is 10.1. The summed E-state index contributed by atoms with van der Waals surface area (Å²) in [7, 11) is 0. The lowest BCUT2D eigenvalue weighted by Crippen LogP contribution is -1.90. The summed E-state index contributed by atoms with van der Waals surface area (Å²) in [6, 6.07) is 9.50. The van der Waals surface area contributed by atoms with Crippen LogP contribution in [-0.2, 0) is 0 Å². The van der Waals surface area contributed by atoms with Crippen molar-refractivity contribution in [2.24, 2.45) is 0 Å². The number of nitrogens with zero attached hydrogens (tertiary/aromatic N) is 4. The number of pyridine rings is 2. The third-order valence-corrected chi connectivity index (χ3v) is 3.19. The SMILES string of the molecule is Nc1cc(Sc2nnc3ccccn23)ccn1. The van der Waals surface area contributed by atoms with Crippen LogP contribution in [0.1, 0.15) is 0 Å². The predicted octanol–water partition coefficient (Wildman–Crippen LogP) is 1.86. The highest BCUT2D eigenvalue weighted by Gasteiger charge is 2.06. The summed E-state index contributed by atoms with van der Waals surface area (Å²) in [6.07, 6.45) is 3.61. The van der Waals surface area contributed by atoms with Crippen molar-refractivity contribution < 1.29 is 0 Å². The van der Waals surface area contributed by atoms with Crippen LogP contribution >= 0.6 is 11.8 Å². The van der Waals surface area contributed by atoms with Gasteiger partial charge in [0.2, 0.25) is 0 Å². The van der Waals surface area contributed by atoms with Gasteiger partial charge in [-0.1, -0.05) is 6.07 Å². The van der Waals surface area contributed by atoms with Gasteiger partial charge in [0, 0.05) is 17.3 Å². The number of hydrogen-bond acceptors (Lipinski definition) is 5. The number of fused-ring (bicyclic) bond motifs is 1. The van der Waals surface area contributed by atoms with Gasteiger partial charge in [0.05, 0.1) is 0 Å². The van der Waals surface area contributed by atoms with Crippen LogP contribution in [0, 0.1) is 0 Å². The van der Waals surface area contributed by atoms with Crippen LogP contribution in [0.15, 0.2) is 52.8 Å². The zero-order chi connectivity index (χ0) is 11.7. The fourth-order valence-electron chi connectivity index (χ4n) is 1.49. The molecule has 0 unspecified atom stereocenters. The van der Waals surface area contributed by atoms with Crippen molar-refractivity contribution in [3.05, 3.63) is 42.7 Å². The number of nitrogen functional groups attached to an aromatic ring is 1. The van der Waals surface area contributed by atoms with Gasteiger partial charge in [-0.2, -0.15) is 0 Å². The molecule has 5 nitrogen and oxygen atoms in total. The minimum absolute atomic E-state index is 0.504. The minimum atomic E-state index is 0.504. The van der Waals surface area contributed by atoms with Gasteiger partial charge in [0.25, 0.3) is 0 Å². The smallest absolute Gasteiger partial charge is 0.200 e. The summed E-state index contributed by atoms with van der Waals surface area (Å²) in [5, 5.41) is 9.03. The summed E-state index contributed by atoms with van der Waals surface area (Å²) in [6.45, 7) is 0. The van der Waals surface area contributed by atoms with Crippen molar-refractivity contribution in [3.63, 3.8) is 0 Å². The van der Waals surface area contributed by atoms with Gasteiger partial charge in [-0.15, -0.1) is 10.2 Å². The largest absolute Gasteiger partial charge is 0.384 e. The first-order chi connectivity index (χ1) is 8.33. The van der Waals surface area contributed by atoms with E-state index in [1.807, 2.05) is 40.9 Å². The summed E-state index contributed by atoms with van der Waals surface area (Å²) >= 11 is 1.51. The van der Waals surface area contributed by atoms with Crippen LogP contribution in [-0.4, -0.2) is 19.6 Å². The zero-order valence-corrected chi connectivity index (χ0v) is 9.63. The monoisotopic (exact) mass is 243 g/mol. The summed E-state index contributed by atoms with van der Waals surface area (Å²) in [4.78, 5) is 4.95. The lowest BCUT2D eigenvalue weighted by molar-refractivity contribution is 0.921. The second-order valence-electron chi connectivity index (χ2n) is 3.43. The molecule has 0 atom stereocenters. The van der Waals surface area contributed by atoms with E-state index < -0.39 is 0 Å². The maximum absolute atomic E-state index is 5.63. The molecule has 2 N–H and O–H groups in total. The summed E-state index contributed by atoms with van der Waals surface area (Å²) in [5.41, 5.74) is 6.46. The Morgan fingerprint density at radius 3 is 3.00 bits per heavy atom. The van der Waals surface area contributed by atoms with E-state index in [9.17, 15) is 0 Å². The normalized spacial score (nSPS) is 10.8. The van der Waals surface area contributed by atoms with E-state index in [2.05, 4.69) is 15.2 Å². The molecule has 3 aromatic rings. The van der Waals surface area contributed by atoms with Gasteiger partial charge in [-0.05, 0) is 36.0 Å². The predicted molar refractivity (Wildman–Crippen MR) is 65.8 cm³/mol. The van der Waals surface area contributed by atoms with Gasteiger partial charge in [0.15, 0.2) is 10.8 Å². The molecule has 0 aliphatic rings. The van der Waals surface area contributed by atoms with Gasteiger partial charge in [-0.3, -0.25) is 4.40 Å². The Balaban J connectivity index is 2.00. The first-order valence-corrected chi connectivity index (χ1v) is 5.84. The van der Waals surface area contributed by atoms with Crippen LogP contribution in [0.5, 0.6) is 0 Å². The molecule has 6 heteroatoms. The van der Waals surface area contributed by atoms with Gasteiger partial charge < -0.3 is 5.73 Å². The number of nitrogens with two attached hydrogens (primary N) is 1. The number of anilines is 1. The second-order valence-corrected chi connectivity index (χ2v) is 4.47. The lowest BCUT2D eigenvalue weighted by atomic mass is 10.5. The van der Waals surface area contributed by atoms with Crippen molar-refractivity contribution in [3.8, 4) is 0 Å². The van der Waals surface area contributed by atoms with E-state index in [0.717, 1.165) is 15.7 Å². The molecular formula is C11H9N5S. The Bertz CT molecular complexity index is 664. The highest BCUT2D eigenvalue weighted by atomic mass is 32.2. The molecule has 0 spiro atoms. The Hall–Kier alpha value is -2.08. The first-order valence-electron chi connectivity index (χ1n) is 5.02. The molecule has 0 aliphatic heterocycles. The van der Waals surface area contributed by atoms with E-state index in [-0.39, 0.29) is 0 Å². The van der Waals surface area contributed by atoms with Crippen LogP contribution in [0.2, 0.25) is 0 Å². The van der Waals surface area contributed by atoms with Crippen LogP contribution in [0.25, 0.3) is 5.65 Å². The quantitative estimate of drug-likeness (QED) is 0.744. The Morgan fingerprint density at radius 2 is 2.12 bits per heavy atom. The van der Waals surface area contributed by atoms with Crippen molar-refractivity contribution in [1.29, 1.82) is 0 Å². The van der Waals surface area contributed by atoms with E-state index in [1.165, 1.54) is 11.8 Å². The van der Waals surface area contributed by atoms with Crippen molar-refractivity contribution >= 4 is 23.2 Å². The lowest BCUT2D eigenvalue weighted by Gasteiger charge is -2.00. The zero-order valence-electron chi connectivity index (χ0n) is 8.82. The van der Waals surface area contributed by atoms with Crippen molar-refractivity contribution in [1.82, 2.24) is 19.6 Å². The van der Waals surface area contributed by atoms with Gasteiger partial charge in [0.1, 0.15) is 5.82 Å². The molecule has 0 saturated carbocycles. The highest BCUT2D eigenvalue weighted by Crippen LogP contribution is 2.26. The fraction of sp³-hybridized carbons (Fsp3) is 0. The summed E-state index contributed by atoms with van der Waals surface area (Å²) in [5.74, 6) is 0.504. The molecule has 0 radical (unpaired) electrons. The molecule has 17 heavy (non-hydrogen) atoms. The molecule has 0 fully saturated rings. The van der Waals surface area contributed by atoms with Crippen molar-refractivity contribution in [2.75, 3.05) is 5.73 Å². The molecule has 0 amide bonds. The van der Waals surface area contributed by atoms with E-state index in [4.69, 9.17) is 5.73 Å². The topological polar surface area (TPSA) is 69.1 Å². The Kier molecular flexibility index (Phi) is 2.41. The second kappa shape index (κ2) is 4.06. The third-order valence-electron chi connectivity index (χ3n) is 2.24. The van der Waals surface area contributed by atoms with E-state index in [1.54, 1.807) is 6.20 Å². The standard InChI is InChI=1S/C11H9N5S/c12-9-7-8(4-5-13-9)17-11-15-14-10-3-1-2-6-16(10)11/h1-7H,(H2,12,13). The fourth-order valence-corrected chi connectivity index (χ4v) is 2.34. The van der Waals surface area contributed by atoms with Gasteiger partial charge >= 0.3 is 0 Å². The van der Waals surface area contributed by atoms with E-state index in [0.29, 0.717) is 5.82 Å². The minimum Gasteiger partial charge on any atom is -0.384 e. The van der Waals surface area contributed by atoms with Crippen LogP contribution in [0.3, 0.4) is 0 Å². The van der Waals surface area contributed by atoms with Crippen LogP contribution in [0.4, 0.5) is 5.82 Å². The van der Waals surface area contributed by atoms with Crippen molar-refractivity contribution in [2.45, 2.75) is 10.1 Å². The molecule has 3 aromatic heterocycles.